The van der Waals surface area contributed by atoms with Gasteiger partial charge in [0.05, 0.1) is 6.42 Å². The Morgan fingerprint density at radius 2 is 1.96 bits per heavy atom. The lowest BCUT2D eigenvalue weighted by atomic mass is 9.78. The lowest BCUT2D eigenvalue weighted by Gasteiger charge is -2.38. The maximum Gasteiger partial charge on any atom is 0.310 e. The van der Waals surface area contributed by atoms with Crippen molar-refractivity contribution < 1.29 is 19.1 Å². The summed E-state index contributed by atoms with van der Waals surface area (Å²) < 4.78 is 11.5. The van der Waals surface area contributed by atoms with Gasteiger partial charge >= 0.3 is 11.9 Å². The molecule has 0 aromatic heterocycles. The van der Waals surface area contributed by atoms with E-state index in [9.17, 15) is 9.59 Å². The van der Waals surface area contributed by atoms with Gasteiger partial charge in [-0.2, -0.15) is 0 Å². The van der Waals surface area contributed by atoms with Crippen LogP contribution in [0.2, 0.25) is 0 Å². The van der Waals surface area contributed by atoms with Crippen LogP contribution in [0.3, 0.4) is 0 Å². The highest BCUT2D eigenvalue weighted by Crippen LogP contribution is 2.39. The van der Waals surface area contributed by atoms with Gasteiger partial charge in [-0.3, -0.25) is 9.59 Å². The number of hydrogen-bond acceptors (Lipinski definition) is 4. The molecule has 0 aliphatic heterocycles. The first-order chi connectivity index (χ1) is 10.9. The fourth-order valence-electron chi connectivity index (χ4n) is 4.05. The predicted octanol–water partition coefficient (Wildman–Crippen LogP) is 4.32. The molecule has 0 aromatic carbocycles. The summed E-state index contributed by atoms with van der Waals surface area (Å²) in [6.45, 7) is 5.37. The molecule has 2 aliphatic carbocycles. The summed E-state index contributed by atoms with van der Waals surface area (Å²) in [6, 6.07) is 0. The Bertz CT molecular complexity index is 462. The highest BCUT2D eigenvalue weighted by molar-refractivity contribution is 5.73. The lowest BCUT2D eigenvalue weighted by Crippen LogP contribution is -2.43. The molecule has 130 valence electrons. The van der Waals surface area contributed by atoms with Crippen LogP contribution < -0.4 is 0 Å². The molecule has 2 aliphatic rings. The lowest BCUT2D eigenvalue weighted by molar-refractivity contribution is -0.176. The molecule has 23 heavy (non-hydrogen) atoms. The fourth-order valence-corrected chi connectivity index (χ4v) is 4.05. The van der Waals surface area contributed by atoms with Gasteiger partial charge in [0.2, 0.25) is 0 Å². The second kappa shape index (κ2) is 7.50. The van der Waals surface area contributed by atoms with E-state index in [4.69, 9.17) is 9.47 Å². The van der Waals surface area contributed by atoms with Gasteiger partial charge in [0.15, 0.2) is 0 Å². The molecule has 0 bridgehead atoms. The fraction of sp³-hybridized carbons (Fsp3) is 0.789. The van der Waals surface area contributed by atoms with Crippen LogP contribution in [0.25, 0.3) is 0 Å². The average Bonchev–Trinajstić information content (AvgIpc) is 2.96. The van der Waals surface area contributed by atoms with E-state index in [0.717, 1.165) is 51.4 Å². The Kier molecular flexibility index (Phi) is 5.88. The minimum atomic E-state index is -0.777. The Balaban J connectivity index is 2.05. The first kappa shape index (κ1) is 18.0. The maximum atomic E-state index is 12.6. The van der Waals surface area contributed by atoms with E-state index in [1.165, 1.54) is 6.92 Å². The Hall–Kier alpha value is -1.32. The van der Waals surface area contributed by atoms with E-state index in [-0.39, 0.29) is 29.9 Å². The van der Waals surface area contributed by atoms with Gasteiger partial charge in [-0.15, -0.1) is 0 Å². The van der Waals surface area contributed by atoms with Crippen molar-refractivity contribution in [2.24, 2.45) is 5.92 Å². The van der Waals surface area contributed by atoms with Crippen LogP contribution in [0.4, 0.5) is 0 Å². The van der Waals surface area contributed by atoms with Crippen LogP contribution in [-0.2, 0) is 19.1 Å². The smallest absolute Gasteiger partial charge is 0.310 e. The first-order valence-corrected chi connectivity index (χ1v) is 8.95. The molecule has 0 aromatic rings. The van der Waals surface area contributed by atoms with Crippen molar-refractivity contribution in [3.63, 3.8) is 0 Å². The summed E-state index contributed by atoms with van der Waals surface area (Å²) in [4.78, 5) is 24.1. The van der Waals surface area contributed by atoms with Crippen LogP contribution in [-0.4, -0.2) is 23.1 Å². The average molecular weight is 322 g/mol. The summed E-state index contributed by atoms with van der Waals surface area (Å²) in [7, 11) is 0. The minimum Gasteiger partial charge on any atom is -0.459 e. The van der Waals surface area contributed by atoms with E-state index in [0.29, 0.717) is 0 Å². The highest BCUT2D eigenvalue weighted by Gasteiger charge is 2.42. The number of hydrogen-bond donors (Lipinski definition) is 0. The zero-order valence-corrected chi connectivity index (χ0v) is 14.7. The summed E-state index contributed by atoms with van der Waals surface area (Å²) >= 11 is 0. The van der Waals surface area contributed by atoms with Crippen molar-refractivity contribution in [3.05, 3.63) is 12.2 Å². The van der Waals surface area contributed by atoms with Gasteiger partial charge in [-0.1, -0.05) is 19.1 Å². The first-order valence-electron chi connectivity index (χ1n) is 8.95. The zero-order valence-electron chi connectivity index (χ0n) is 14.7. The van der Waals surface area contributed by atoms with E-state index in [1.807, 2.05) is 6.92 Å². The summed E-state index contributed by atoms with van der Waals surface area (Å²) in [5.74, 6) is -0.391. The third-order valence-corrected chi connectivity index (χ3v) is 5.49. The molecule has 1 fully saturated rings. The molecule has 0 radical (unpaired) electrons. The number of carbonyl (C=O) groups excluding carboxylic acids is 2. The molecule has 1 saturated carbocycles. The van der Waals surface area contributed by atoms with Crippen molar-refractivity contribution in [3.8, 4) is 0 Å². The molecule has 0 spiro atoms. The molecule has 4 nitrogen and oxygen atoms in total. The SMILES string of the molecule is CCC1(OC(=O)CC(C)(OC(C)=O)C2CC=CCC2)CCCC1. The molecule has 2 unspecified atom stereocenters. The molecule has 0 N–H and O–H groups in total. The molecule has 4 heteroatoms. The third-order valence-electron chi connectivity index (χ3n) is 5.49. The number of ether oxygens (including phenoxy) is 2. The van der Waals surface area contributed by atoms with Gasteiger partial charge in [0, 0.05) is 12.8 Å². The summed E-state index contributed by atoms with van der Waals surface area (Å²) in [5.41, 5.74) is -1.07. The Morgan fingerprint density at radius 1 is 1.26 bits per heavy atom. The normalized spacial score (nSPS) is 25.6. The van der Waals surface area contributed by atoms with Crippen LogP contribution >= 0.6 is 0 Å². The van der Waals surface area contributed by atoms with E-state index < -0.39 is 5.60 Å². The standard InChI is InChI=1S/C19H30O4/c1-4-19(12-8-9-13-19)23-17(21)14-18(3,22-15(2)20)16-10-6-5-7-11-16/h5-6,16H,4,7-14H2,1-3H3. The zero-order chi connectivity index (χ0) is 16.9. The maximum absolute atomic E-state index is 12.6. The van der Waals surface area contributed by atoms with Gasteiger partial charge < -0.3 is 9.47 Å². The monoisotopic (exact) mass is 322 g/mol. The highest BCUT2D eigenvalue weighted by atomic mass is 16.6. The molecule has 0 saturated heterocycles. The van der Waals surface area contributed by atoms with Crippen LogP contribution in [0.15, 0.2) is 12.2 Å². The number of esters is 2. The number of carbonyl (C=O) groups is 2. The van der Waals surface area contributed by atoms with Crippen LogP contribution in [0.5, 0.6) is 0 Å². The number of allylic oxidation sites excluding steroid dienone is 2. The van der Waals surface area contributed by atoms with Gasteiger partial charge in [-0.05, 0) is 58.3 Å². The Morgan fingerprint density at radius 3 is 2.48 bits per heavy atom. The molecular weight excluding hydrogens is 292 g/mol. The second-order valence-electron chi connectivity index (χ2n) is 7.28. The van der Waals surface area contributed by atoms with Crippen molar-refractivity contribution in [1.82, 2.24) is 0 Å². The van der Waals surface area contributed by atoms with Gasteiger partial charge in [-0.25, -0.2) is 0 Å². The molecule has 2 atom stereocenters. The Labute approximate surface area is 139 Å². The molecular formula is C19H30O4. The number of rotatable bonds is 6. The van der Waals surface area contributed by atoms with Crippen LogP contribution in [0.1, 0.15) is 78.6 Å². The summed E-state index contributed by atoms with van der Waals surface area (Å²) in [5, 5.41) is 0. The quantitative estimate of drug-likeness (QED) is 0.540. The van der Waals surface area contributed by atoms with E-state index >= 15 is 0 Å². The molecule has 0 heterocycles. The van der Waals surface area contributed by atoms with Gasteiger partial charge in [0.25, 0.3) is 0 Å². The second-order valence-corrected chi connectivity index (χ2v) is 7.28. The van der Waals surface area contributed by atoms with Crippen LogP contribution in [0, 0.1) is 5.92 Å². The van der Waals surface area contributed by atoms with Crippen molar-refractivity contribution in [2.75, 3.05) is 0 Å². The van der Waals surface area contributed by atoms with Crippen molar-refractivity contribution in [2.45, 2.75) is 89.8 Å². The topological polar surface area (TPSA) is 52.6 Å². The minimum absolute atomic E-state index is 0.146. The van der Waals surface area contributed by atoms with E-state index in [2.05, 4.69) is 19.1 Å². The predicted molar refractivity (Wildman–Crippen MR) is 88.9 cm³/mol. The van der Waals surface area contributed by atoms with E-state index in [1.54, 1.807) is 0 Å². The van der Waals surface area contributed by atoms with Crippen molar-refractivity contribution in [1.29, 1.82) is 0 Å². The summed E-state index contributed by atoms with van der Waals surface area (Å²) in [6.07, 6.45) is 12.2. The third kappa shape index (κ3) is 4.58. The molecule has 2 rings (SSSR count). The van der Waals surface area contributed by atoms with Gasteiger partial charge in [0.1, 0.15) is 11.2 Å². The van der Waals surface area contributed by atoms with Crippen molar-refractivity contribution >= 4 is 11.9 Å². The largest absolute Gasteiger partial charge is 0.459 e. The molecule has 0 amide bonds.